The maximum atomic E-state index is 12.7. The average Bonchev–Trinajstić information content (AvgIpc) is 2.64. The van der Waals surface area contributed by atoms with Crippen molar-refractivity contribution in [1.82, 2.24) is 9.80 Å². The van der Waals surface area contributed by atoms with E-state index in [9.17, 15) is 14.9 Å². The second-order valence-electron chi connectivity index (χ2n) is 7.24. The molecule has 1 aliphatic carbocycles. The van der Waals surface area contributed by atoms with Crippen LogP contribution in [0.15, 0.2) is 30.3 Å². The van der Waals surface area contributed by atoms with Gasteiger partial charge in [-0.05, 0) is 45.0 Å². The molecule has 6 heteroatoms. The van der Waals surface area contributed by atoms with Crippen LogP contribution in [-0.2, 0) is 4.79 Å². The van der Waals surface area contributed by atoms with Gasteiger partial charge in [-0.25, -0.2) is 0 Å². The van der Waals surface area contributed by atoms with Gasteiger partial charge in [0, 0.05) is 31.8 Å². The molecule has 0 atom stereocenters. The topological polar surface area (TPSA) is 66.7 Å². The molecular formula is C20H29N3O3. The van der Waals surface area contributed by atoms with E-state index in [2.05, 4.69) is 4.90 Å². The lowest BCUT2D eigenvalue weighted by molar-refractivity contribution is -0.385. The molecule has 1 aromatic carbocycles. The van der Waals surface area contributed by atoms with Gasteiger partial charge in [-0.3, -0.25) is 14.9 Å². The molecule has 0 N–H and O–H groups in total. The Morgan fingerprint density at radius 2 is 1.88 bits per heavy atom. The van der Waals surface area contributed by atoms with Gasteiger partial charge in [-0.2, -0.15) is 0 Å². The number of carbonyl (C=O) groups is 1. The van der Waals surface area contributed by atoms with E-state index < -0.39 is 4.92 Å². The first-order valence-electron chi connectivity index (χ1n) is 9.32. The lowest BCUT2D eigenvalue weighted by Gasteiger charge is -2.30. The Morgan fingerprint density at radius 1 is 1.19 bits per heavy atom. The summed E-state index contributed by atoms with van der Waals surface area (Å²) < 4.78 is 0. The minimum absolute atomic E-state index is 0.0173. The molecule has 6 nitrogen and oxygen atoms in total. The number of hydrogen-bond donors (Lipinski definition) is 0. The molecule has 26 heavy (non-hydrogen) atoms. The number of likely N-dealkylation sites (N-methyl/N-ethyl adjacent to an activating group) is 1. The molecule has 0 aromatic heterocycles. The van der Waals surface area contributed by atoms with Crippen LogP contribution in [0.25, 0.3) is 6.08 Å². The van der Waals surface area contributed by atoms with E-state index in [0.29, 0.717) is 18.0 Å². The summed E-state index contributed by atoms with van der Waals surface area (Å²) >= 11 is 0. The van der Waals surface area contributed by atoms with E-state index in [-0.39, 0.29) is 11.6 Å². The smallest absolute Gasteiger partial charge is 0.276 e. The van der Waals surface area contributed by atoms with E-state index in [1.165, 1.54) is 44.2 Å². The third kappa shape index (κ3) is 6.26. The zero-order valence-electron chi connectivity index (χ0n) is 15.8. The molecule has 0 bridgehead atoms. The van der Waals surface area contributed by atoms with Crippen LogP contribution in [-0.4, -0.2) is 54.4 Å². The molecular weight excluding hydrogens is 330 g/mol. The van der Waals surface area contributed by atoms with E-state index in [1.54, 1.807) is 24.3 Å². The van der Waals surface area contributed by atoms with Gasteiger partial charge in [0.1, 0.15) is 0 Å². The van der Waals surface area contributed by atoms with Crippen LogP contribution < -0.4 is 0 Å². The van der Waals surface area contributed by atoms with Crippen molar-refractivity contribution in [3.05, 3.63) is 46.0 Å². The summed E-state index contributed by atoms with van der Waals surface area (Å²) in [5, 5.41) is 11.1. The number of nitro groups is 1. The van der Waals surface area contributed by atoms with Gasteiger partial charge in [0.05, 0.1) is 10.5 Å². The monoisotopic (exact) mass is 359 g/mol. The number of benzene rings is 1. The Morgan fingerprint density at radius 3 is 2.54 bits per heavy atom. The first kappa shape index (κ1) is 20.1. The third-order valence-electron chi connectivity index (χ3n) is 4.87. The molecule has 1 aliphatic rings. The quantitative estimate of drug-likeness (QED) is 0.404. The maximum Gasteiger partial charge on any atom is 0.276 e. The minimum atomic E-state index is -0.421. The fourth-order valence-electron chi connectivity index (χ4n) is 3.35. The van der Waals surface area contributed by atoms with Crippen molar-refractivity contribution in [3.8, 4) is 0 Å². The normalized spacial score (nSPS) is 15.5. The minimum Gasteiger partial charge on any atom is -0.338 e. The molecule has 1 fully saturated rings. The predicted molar refractivity (Wildman–Crippen MR) is 104 cm³/mol. The second-order valence-corrected chi connectivity index (χ2v) is 7.24. The first-order chi connectivity index (χ1) is 12.5. The van der Waals surface area contributed by atoms with Crippen LogP contribution in [0.2, 0.25) is 0 Å². The van der Waals surface area contributed by atoms with Crippen molar-refractivity contribution in [1.29, 1.82) is 0 Å². The van der Waals surface area contributed by atoms with Crippen molar-refractivity contribution >= 4 is 17.7 Å². The molecule has 1 saturated carbocycles. The predicted octanol–water partition coefficient (Wildman–Crippen LogP) is 3.58. The standard InChI is InChI=1S/C20H29N3O3/c1-21(2)14-15-22(16-17-8-4-3-5-9-17)20(24)13-12-18-10-6-7-11-19(18)23(25)26/h6-7,10-13,17H,3-5,8-9,14-16H2,1-2H3/b13-12+. The highest BCUT2D eigenvalue weighted by atomic mass is 16.6. The van der Waals surface area contributed by atoms with Crippen LogP contribution in [0.5, 0.6) is 0 Å². The zero-order valence-corrected chi connectivity index (χ0v) is 15.8. The van der Waals surface area contributed by atoms with Crippen LogP contribution in [0, 0.1) is 16.0 Å². The molecule has 0 heterocycles. The Hall–Kier alpha value is -2.21. The Kier molecular flexibility index (Phi) is 7.78. The fraction of sp³-hybridized carbons (Fsp3) is 0.550. The van der Waals surface area contributed by atoms with Gasteiger partial charge in [0.25, 0.3) is 5.69 Å². The van der Waals surface area contributed by atoms with E-state index >= 15 is 0 Å². The number of nitro benzene ring substituents is 1. The highest BCUT2D eigenvalue weighted by molar-refractivity contribution is 5.92. The summed E-state index contributed by atoms with van der Waals surface area (Å²) in [4.78, 5) is 27.4. The molecule has 0 radical (unpaired) electrons. The highest BCUT2D eigenvalue weighted by Gasteiger charge is 2.20. The van der Waals surface area contributed by atoms with E-state index in [4.69, 9.17) is 0 Å². The average molecular weight is 359 g/mol. The molecule has 142 valence electrons. The Bertz CT molecular complexity index is 637. The van der Waals surface area contributed by atoms with Crippen molar-refractivity contribution in [2.75, 3.05) is 33.7 Å². The molecule has 0 unspecified atom stereocenters. The summed E-state index contributed by atoms with van der Waals surface area (Å²) in [7, 11) is 3.98. The molecule has 1 aromatic rings. The molecule has 1 amide bonds. The van der Waals surface area contributed by atoms with Crippen molar-refractivity contribution in [2.45, 2.75) is 32.1 Å². The highest BCUT2D eigenvalue weighted by Crippen LogP contribution is 2.25. The number of hydrogen-bond acceptors (Lipinski definition) is 4. The SMILES string of the molecule is CN(C)CCN(CC1CCCCC1)C(=O)/C=C/c1ccccc1[N+](=O)[O-]. The molecule has 0 spiro atoms. The second kappa shape index (κ2) is 10.1. The molecule has 2 rings (SSSR count). The van der Waals surface area contributed by atoms with Crippen molar-refractivity contribution in [2.24, 2.45) is 5.92 Å². The van der Waals surface area contributed by atoms with Crippen LogP contribution in [0.1, 0.15) is 37.7 Å². The Labute approximate surface area is 155 Å². The van der Waals surface area contributed by atoms with Gasteiger partial charge in [0.2, 0.25) is 5.91 Å². The summed E-state index contributed by atoms with van der Waals surface area (Å²) in [5.41, 5.74) is 0.472. The maximum absolute atomic E-state index is 12.7. The van der Waals surface area contributed by atoms with Gasteiger partial charge in [-0.15, -0.1) is 0 Å². The lowest BCUT2D eigenvalue weighted by Crippen LogP contribution is -2.39. The van der Waals surface area contributed by atoms with Crippen LogP contribution in [0.3, 0.4) is 0 Å². The van der Waals surface area contributed by atoms with Gasteiger partial charge in [0.15, 0.2) is 0 Å². The van der Waals surface area contributed by atoms with Crippen molar-refractivity contribution < 1.29 is 9.72 Å². The van der Waals surface area contributed by atoms with Gasteiger partial charge in [-0.1, -0.05) is 31.4 Å². The summed E-state index contributed by atoms with van der Waals surface area (Å²) in [6, 6.07) is 6.48. The number of nitrogens with zero attached hydrogens (tertiary/aromatic N) is 3. The summed E-state index contributed by atoms with van der Waals surface area (Å²) in [5.74, 6) is 0.491. The molecule has 0 saturated heterocycles. The largest absolute Gasteiger partial charge is 0.338 e. The Balaban J connectivity index is 2.08. The number of rotatable bonds is 8. The van der Waals surface area contributed by atoms with Crippen molar-refractivity contribution in [3.63, 3.8) is 0 Å². The molecule has 0 aliphatic heterocycles. The van der Waals surface area contributed by atoms with Gasteiger partial charge >= 0.3 is 0 Å². The summed E-state index contributed by atoms with van der Waals surface area (Å²) in [6.45, 7) is 2.25. The lowest BCUT2D eigenvalue weighted by atomic mass is 9.89. The van der Waals surface area contributed by atoms with Crippen LogP contribution >= 0.6 is 0 Å². The zero-order chi connectivity index (χ0) is 18.9. The summed E-state index contributed by atoms with van der Waals surface area (Å²) in [6.07, 6.45) is 9.17. The van der Waals surface area contributed by atoms with E-state index in [0.717, 1.165) is 13.1 Å². The van der Waals surface area contributed by atoms with E-state index in [1.807, 2.05) is 19.0 Å². The van der Waals surface area contributed by atoms with Crippen LogP contribution in [0.4, 0.5) is 5.69 Å². The number of amides is 1. The fourth-order valence-corrected chi connectivity index (χ4v) is 3.35. The third-order valence-corrected chi connectivity index (χ3v) is 4.87. The first-order valence-corrected chi connectivity index (χ1v) is 9.32. The van der Waals surface area contributed by atoms with Gasteiger partial charge < -0.3 is 9.80 Å². The number of para-hydroxylation sites is 1. The number of carbonyl (C=O) groups excluding carboxylic acids is 1.